The zero-order valence-corrected chi connectivity index (χ0v) is 10.6. The van der Waals surface area contributed by atoms with Crippen molar-refractivity contribution in [2.75, 3.05) is 0 Å². The van der Waals surface area contributed by atoms with Crippen LogP contribution in [0.2, 0.25) is 0 Å². The topological polar surface area (TPSA) is 20.7 Å². The van der Waals surface area contributed by atoms with Gasteiger partial charge in [-0.25, -0.2) is 4.68 Å². The lowest BCUT2D eigenvalue weighted by molar-refractivity contribution is -0.141. The number of hydrogen-bond donors (Lipinski definition) is 1. The lowest BCUT2D eigenvalue weighted by atomic mass is 10.1. The summed E-state index contributed by atoms with van der Waals surface area (Å²) in [5.41, 5.74) is 1.70. The molecule has 0 saturated heterocycles. The maximum absolute atomic E-state index is 12.6. The van der Waals surface area contributed by atoms with Gasteiger partial charge >= 0.3 is 6.18 Å². The highest BCUT2D eigenvalue weighted by Crippen LogP contribution is 2.28. The number of rotatable bonds is 1. The predicted octanol–water partition coefficient (Wildman–Crippen LogP) is 4.17. The molecule has 1 aromatic heterocycles. The van der Waals surface area contributed by atoms with E-state index in [-0.39, 0.29) is 4.64 Å². The molecule has 0 saturated carbocycles. The molecule has 2 rings (SSSR count). The third-order valence-corrected chi connectivity index (χ3v) is 2.79. The van der Waals surface area contributed by atoms with E-state index in [4.69, 9.17) is 12.2 Å². The van der Waals surface area contributed by atoms with Gasteiger partial charge in [-0.1, -0.05) is 18.3 Å². The SMILES string of the molecule is Cc1cc(C)cc(-n2[nH]c(C(F)(F)F)cc2=S)c1. The van der Waals surface area contributed by atoms with Crippen LogP contribution in [0.5, 0.6) is 0 Å². The minimum atomic E-state index is -4.42. The van der Waals surface area contributed by atoms with E-state index >= 15 is 0 Å². The molecule has 0 spiro atoms. The highest BCUT2D eigenvalue weighted by Gasteiger charge is 2.33. The van der Waals surface area contributed by atoms with Crippen LogP contribution in [0.15, 0.2) is 24.3 Å². The molecular formula is C12H11F3N2S. The number of aryl methyl sites for hydroxylation is 2. The van der Waals surface area contributed by atoms with Gasteiger partial charge in [-0.3, -0.25) is 5.10 Å². The number of halogens is 3. The number of nitrogens with one attached hydrogen (secondary N) is 1. The normalized spacial score (nSPS) is 11.8. The van der Waals surface area contributed by atoms with E-state index in [9.17, 15) is 13.2 Å². The molecule has 1 aromatic carbocycles. The minimum absolute atomic E-state index is 0.104. The van der Waals surface area contributed by atoms with Gasteiger partial charge in [0, 0.05) is 6.07 Å². The average molecular weight is 272 g/mol. The molecule has 96 valence electrons. The number of benzene rings is 1. The lowest BCUT2D eigenvalue weighted by Crippen LogP contribution is -2.07. The van der Waals surface area contributed by atoms with Crippen LogP contribution in [0, 0.1) is 18.5 Å². The predicted molar refractivity (Wildman–Crippen MR) is 65.4 cm³/mol. The van der Waals surface area contributed by atoms with E-state index < -0.39 is 11.9 Å². The van der Waals surface area contributed by atoms with Crippen LogP contribution in [0.25, 0.3) is 5.69 Å². The van der Waals surface area contributed by atoms with Gasteiger partial charge in [0.05, 0.1) is 5.69 Å². The first-order chi connectivity index (χ1) is 8.27. The van der Waals surface area contributed by atoms with Crippen molar-refractivity contribution in [3.63, 3.8) is 0 Å². The van der Waals surface area contributed by atoms with Crippen molar-refractivity contribution in [1.29, 1.82) is 0 Å². The molecule has 2 nitrogen and oxygen atoms in total. The van der Waals surface area contributed by atoms with Crippen LogP contribution >= 0.6 is 12.2 Å². The third-order valence-electron chi connectivity index (χ3n) is 2.49. The van der Waals surface area contributed by atoms with Gasteiger partial charge in [0.25, 0.3) is 0 Å². The molecule has 2 aromatic rings. The summed E-state index contributed by atoms with van der Waals surface area (Å²) in [6.07, 6.45) is -4.42. The van der Waals surface area contributed by atoms with E-state index in [1.165, 1.54) is 4.68 Å². The quantitative estimate of drug-likeness (QED) is 0.773. The highest BCUT2D eigenvalue weighted by molar-refractivity contribution is 7.71. The molecule has 18 heavy (non-hydrogen) atoms. The number of nitrogens with zero attached hydrogens (tertiary/aromatic N) is 1. The van der Waals surface area contributed by atoms with Crippen LogP contribution in [-0.2, 0) is 6.18 Å². The van der Waals surface area contributed by atoms with Crippen molar-refractivity contribution in [2.45, 2.75) is 20.0 Å². The Morgan fingerprint density at radius 3 is 2.06 bits per heavy atom. The van der Waals surface area contributed by atoms with Crippen LogP contribution in [0.3, 0.4) is 0 Å². The van der Waals surface area contributed by atoms with Gasteiger partial charge in [0.2, 0.25) is 0 Å². The van der Waals surface area contributed by atoms with E-state index in [0.29, 0.717) is 5.69 Å². The Morgan fingerprint density at radius 1 is 1.06 bits per heavy atom. The van der Waals surface area contributed by atoms with Crippen molar-refractivity contribution in [2.24, 2.45) is 0 Å². The van der Waals surface area contributed by atoms with Crippen LogP contribution in [0.4, 0.5) is 13.2 Å². The van der Waals surface area contributed by atoms with Crippen molar-refractivity contribution in [3.8, 4) is 5.69 Å². The van der Waals surface area contributed by atoms with Gasteiger partial charge < -0.3 is 0 Å². The molecule has 1 heterocycles. The monoisotopic (exact) mass is 272 g/mol. The Morgan fingerprint density at radius 2 is 1.61 bits per heavy atom. The maximum Gasteiger partial charge on any atom is 0.432 e. The third kappa shape index (κ3) is 2.48. The second-order valence-electron chi connectivity index (χ2n) is 4.19. The first-order valence-corrected chi connectivity index (χ1v) is 5.66. The van der Waals surface area contributed by atoms with Gasteiger partial charge in [-0.2, -0.15) is 13.2 Å². The second kappa shape index (κ2) is 4.28. The van der Waals surface area contributed by atoms with Crippen molar-refractivity contribution in [1.82, 2.24) is 9.78 Å². The van der Waals surface area contributed by atoms with Gasteiger partial charge in [-0.05, 0) is 37.1 Å². The maximum atomic E-state index is 12.6. The Hall–Kier alpha value is -1.56. The van der Waals surface area contributed by atoms with Gasteiger partial charge in [0.1, 0.15) is 10.3 Å². The Balaban J connectivity index is 2.58. The van der Waals surface area contributed by atoms with E-state index in [0.717, 1.165) is 17.2 Å². The van der Waals surface area contributed by atoms with Gasteiger partial charge in [-0.15, -0.1) is 0 Å². The molecular weight excluding hydrogens is 261 g/mol. The lowest BCUT2D eigenvalue weighted by Gasteiger charge is -2.07. The number of aromatic amines is 1. The van der Waals surface area contributed by atoms with Gasteiger partial charge in [0.15, 0.2) is 0 Å². The minimum Gasteiger partial charge on any atom is -0.288 e. The fourth-order valence-corrected chi connectivity index (χ4v) is 2.08. The zero-order chi connectivity index (χ0) is 13.5. The van der Waals surface area contributed by atoms with Crippen LogP contribution in [0.1, 0.15) is 16.8 Å². The summed E-state index contributed by atoms with van der Waals surface area (Å²) in [6, 6.07) is 6.42. The van der Waals surface area contributed by atoms with Crippen LogP contribution in [-0.4, -0.2) is 9.78 Å². The van der Waals surface area contributed by atoms with E-state index in [2.05, 4.69) is 5.10 Å². The Bertz CT molecular complexity index is 617. The average Bonchev–Trinajstić information content (AvgIpc) is 2.58. The zero-order valence-electron chi connectivity index (χ0n) is 9.80. The van der Waals surface area contributed by atoms with E-state index in [1.54, 1.807) is 12.1 Å². The summed E-state index contributed by atoms with van der Waals surface area (Å²) in [6.45, 7) is 3.77. The summed E-state index contributed by atoms with van der Waals surface area (Å²) in [5, 5.41) is 2.28. The molecule has 0 unspecified atom stereocenters. The molecule has 1 N–H and O–H groups in total. The molecule has 0 aliphatic carbocycles. The first-order valence-electron chi connectivity index (χ1n) is 5.25. The fraction of sp³-hybridized carbons (Fsp3) is 0.250. The standard InChI is InChI=1S/C12H11F3N2S/c1-7-3-8(2)5-9(4-7)17-11(18)6-10(16-17)12(13,14)15/h3-6,16H,1-2H3. The molecule has 0 radical (unpaired) electrons. The molecule has 0 amide bonds. The first kappa shape index (κ1) is 12.9. The summed E-state index contributed by atoms with van der Waals surface area (Å²) in [4.78, 5) is 0. The summed E-state index contributed by atoms with van der Waals surface area (Å²) >= 11 is 4.94. The molecule has 6 heteroatoms. The van der Waals surface area contributed by atoms with Crippen molar-refractivity contribution < 1.29 is 13.2 Å². The smallest absolute Gasteiger partial charge is 0.288 e. The second-order valence-corrected chi connectivity index (χ2v) is 4.61. The fourth-order valence-electron chi connectivity index (χ4n) is 1.81. The molecule has 0 aliphatic heterocycles. The summed E-state index contributed by atoms with van der Waals surface area (Å²) in [7, 11) is 0. The largest absolute Gasteiger partial charge is 0.432 e. The van der Waals surface area contributed by atoms with Crippen LogP contribution < -0.4 is 0 Å². The van der Waals surface area contributed by atoms with Crippen molar-refractivity contribution in [3.05, 3.63) is 45.7 Å². The number of alkyl halides is 3. The molecule has 0 atom stereocenters. The number of H-pyrrole nitrogens is 1. The molecule has 0 fully saturated rings. The highest BCUT2D eigenvalue weighted by atomic mass is 32.1. The molecule has 0 bridgehead atoms. The Labute approximate surface area is 107 Å². The summed E-state index contributed by atoms with van der Waals surface area (Å²) < 4.78 is 39.1. The summed E-state index contributed by atoms with van der Waals surface area (Å²) in [5.74, 6) is 0. The van der Waals surface area contributed by atoms with E-state index in [1.807, 2.05) is 19.9 Å². The number of aromatic nitrogens is 2. The number of hydrogen-bond acceptors (Lipinski definition) is 1. The Kier molecular flexibility index (Phi) is 3.06. The molecule has 0 aliphatic rings. The van der Waals surface area contributed by atoms with Crippen molar-refractivity contribution >= 4 is 12.2 Å².